The van der Waals surface area contributed by atoms with Crippen LogP contribution in [0.1, 0.15) is 38.3 Å². The van der Waals surface area contributed by atoms with Crippen LogP contribution in [0.25, 0.3) is 0 Å². The number of carbonyl (C=O) groups excluding carboxylic acids is 1. The second-order valence-electron chi connectivity index (χ2n) is 7.41. The van der Waals surface area contributed by atoms with E-state index in [1.165, 1.54) is 11.1 Å². The van der Waals surface area contributed by atoms with Crippen molar-refractivity contribution in [2.75, 3.05) is 26.7 Å². The van der Waals surface area contributed by atoms with Crippen molar-refractivity contribution in [2.45, 2.75) is 45.9 Å². The zero-order chi connectivity index (χ0) is 17.6. The van der Waals surface area contributed by atoms with E-state index in [0.29, 0.717) is 12.5 Å². The molecule has 1 fully saturated rings. The number of nitrogens with one attached hydrogen (secondary N) is 1. The molecule has 0 aromatic heterocycles. The number of ether oxygens (including phenoxy) is 2. The van der Waals surface area contributed by atoms with E-state index < -0.39 is 5.60 Å². The van der Waals surface area contributed by atoms with Gasteiger partial charge >= 0.3 is 6.09 Å². The average molecular weight is 334 g/mol. The van der Waals surface area contributed by atoms with Crippen molar-refractivity contribution in [2.24, 2.45) is 5.92 Å². The Morgan fingerprint density at radius 1 is 1.29 bits per heavy atom. The molecule has 1 unspecified atom stereocenters. The number of rotatable bonds is 6. The maximum absolute atomic E-state index is 12.1. The summed E-state index contributed by atoms with van der Waals surface area (Å²) in [5, 5.41) is 3.52. The normalized spacial score (nSPS) is 18.0. The van der Waals surface area contributed by atoms with Crippen LogP contribution in [0.2, 0.25) is 0 Å². The van der Waals surface area contributed by atoms with E-state index in [1.54, 1.807) is 7.11 Å². The van der Waals surface area contributed by atoms with Crippen LogP contribution in [0, 0.1) is 5.92 Å². The molecule has 0 spiro atoms. The number of hydrogen-bond acceptors (Lipinski definition) is 4. The molecule has 0 saturated carbocycles. The minimum absolute atomic E-state index is 0.199. The SMILES string of the molecule is COCc1ccccc1CNCC1CCN(C(=O)OC(C)(C)C)C1. The number of benzene rings is 1. The van der Waals surface area contributed by atoms with Crippen LogP contribution in [0.3, 0.4) is 0 Å². The van der Waals surface area contributed by atoms with Crippen LogP contribution < -0.4 is 5.32 Å². The maximum Gasteiger partial charge on any atom is 0.410 e. The summed E-state index contributed by atoms with van der Waals surface area (Å²) in [4.78, 5) is 13.9. The van der Waals surface area contributed by atoms with E-state index in [0.717, 1.165) is 32.6 Å². The third-order valence-corrected chi connectivity index (χ3v) is 4.10. The third kappa shape index (κ3) is 5.80. The number of carbonyl (C=O) groups is 1. The first kappa shape index (κ1) is 18.7. The van der Waals surface area contributed by atoms with Gasteiger partial charge < -0.3 is 19.7 Å². The molecule has 1 amide bonds. The fourth-order valence-corrected chi connectivity index (χ4v) is 2.93. The Hall–Kier alpha value is -1.59. The fourth-order valence-electron chi connectivity index (χ4n) is 2.93. The van der Waals surface area contributed by atoms with Gasteiger partial charge in [0.2, 0.25) is 0 Å². The molecule has 0 aliphatic carbocycles. The summed E-state index contributed by atoms with van der Waals surface area (Å²) in [6, 6.07) is 8.31. The summed E-state index contributed by atoms with van der Waals surface area (Å²) in [5.74, 6) is 0.479. The minimum atomic E-state index is -0.432. The molecule has 5 nitrogen and oxygen atoms in total. The van der Waals surface area contributed by atoms with Crippen molar-refractivity contribution in [3.05, 3.63) is 35.4 Å². The van der Waals surface area contributed by atoms with Crippen LogP contribution >= 0.6 is 0 Å². The van der Waals surface area contributed by atoms with Crippen molar-refractivity contribution < 1.29 is 14.3 Å². The monoisotopic (exact) mass is 334 g/mol. The average Bonchev–Trinajstić information content (AvgIpc) is 2.97. The van der Waals surface area contributed by atoms with Gasteiger partial charge in [0.05, 0.1) is 6.61 Å². The Morgan fingerprint density at radius 3 is 2.67 bits per heavy atom. The molecule has 134 valence electrons. The molecule has 2 rings (SSSR count). The smallest absolute Gasteiger partial charge is 0.410 e. The number of likely N-dealkylation sites (tertiary alicyclic amines) is 1. The highest BCUT2D eigenvalue weighted by molar-refractivity contribution is 5.68. The zero-order valence-corrected chi connectivity index (χ0v) is 15.3. The lowest BCUT2D eigenvalue weighted by Crippen LogP contribution is -2.36. The number of amides is 1. The van der Waals surface area contributed by atoms with Crippen LogP contribution in [0.4, 0.5) is 4.79 Å². The second kappa shape index (κ2) is 8.49. The van der Waals surface area contributed by atoms with Gasteiger partial charge in [0.15, 0.2) is 0 Å². The van der Waals surface area contributed by atoms with Gasteiger partial charge in [-0.25, -0.2) is 4.79 Å². The summed E-state index contributed by atoms with van der Waals surface area (Å²) >= 11 is 0. The molecule has 5 heteroatoms. The minimum Gasteiger partial charge on any atom is -0.444 e. The van der Waals surface area contributed by atoms with E-state index in [4.69, 9.17) is 9.47 Å². The maximum atomic E-state index is 12.1. The molecule has 1 aromatic rings. The fraction of sp³-hybridized carbons (Fsp3) is 0.632. The van der Waals surface area contributed by atoms with Crippen molar-refractivity contribution in [1.29, 1.82) is 0 Å². The van der Waals surface area contributed by atoms with Gasteiger partial charge in [0.25, 0.3) is 0 Å². The predicted octanol–water partition coefficient (Wildman–Crippen LogP) is 3.18. The molecular weight excluding hydrogens is 304 g/mol. The predicted molar refractivity (Wildman–Crippen MR) is 94.8 cm³/mol. The van der Waals surface area contributed by atoms with Gasteiger partial charge in [-0.3, -0.25) is 0 Å². The Kier molecular flexibility index (Phi) is 6.63. The first-order chi connectivity index (χ1) is 11.4. The van der Waals surface area contributed by atoms with Crippen LogP contribution in [0.5, 0.6) is 0 Å². The number of hydrogen-bond donors (Lipinski definition) is 1. The Balaban J connectivity index is 1.75. The van der Waals surface area contributed by atoms with Crippen LogP contribution in [0.15, 0.2) is 24.3 Å². The van der Waals surface area contributed by atoms with Crippen LogP contribution in [-0.2, 0) is 22.6 Å². The number of nitrogens with zero attached hydrogens (tertiary/aromatic N) is 1. The van der Waals surface area contributed by atoms with Gasteiger partial charge in [-0.2, -0.15) is 0 Å². The Bertz CT molecular complexity index is 540. The molecule has 1 saturated heterocycles. The molecule has 1 aromatic carbocycles. The summed E-state index contributed by atoms with van der Waals surface area (Å²) in [6.07, 6.45) is 0.821. The lowest BCUT2D eigenvalue weighted by molar-refractivity contribution is 0.0288. The molecule has 1 aliphatic rings. The van der Waals surface area contributed by atoms with Gasteiger partial charge in [-0.1, -0.05) is 24.3 Å². The van der Waals surface area contributed by atoms with E-state index >= 15 is 0 Å². The van der Waals surface area contributed by atoms with Gasteiger partial charge in [-0.05, 0) is 44.2 Å². The highest BCUT2D eigenvalue weighted by Gasteiger charge is 2.29. The van der Waals surface area contributed by atoms with Crippen molar-refractivity contribution in [1.82, 2.24) is 10.2 Å². The Labute approximate surface area is 145 Å². The summed E-state index contributed by atoms with van der Waals surface area (Å²) in [6.45, 7) is 9.60. The molecule has 1 aliphatic heterocycles. The Morgan fingerprint density at radius 2 is 2.00 bits per heavy atom. The van der Waals surface area contributed by atoms with Crippen molar-refractivity contribution in [3.8, 4) is 0 Å². The topological polar surface area (TPSA) is 50.8 Å². The van der Waals surface area contributed by atoms with Gasteiger partial charge in [-0.15, -0.1) is 0 Å². The van der Waals surface area contributed by atoms with E-state index in [9.17, 15) is 4.79 Å². The standard InChI is InChI=1S/C19H30N2O3/c1-19(2,3)24-18(22)21-10-9-15(13-21)11-20-12-16-7-5-6-8-17(16)14-23-4/h5-8,15,20H,9-14H2,1-4H3. The van der Waals surface area contributed by atoms with Gasteiger partial charge in [0.1, 0.15) is 5.60 Å². The molecular formula is C19H30N2O3. The lowest BCUT2D eigenvalue weighted by atomic mass is 10.1. The lowest BCUT2D eigenvalue weighted by Gasteiger charge is -2.24. The zero-order valence-electron chi connectivity index (χ0n) is 15.3. The molecule has 1 N–H and O–H groups in total. The molecule has 0 bridgehead atoms. The molecule has 24 heavy (non-hydrogen) atoms. The van der Waals surface area contributed by atoms with Crippen LogP contribution in [-0.4, -0.2) is 43.3 Å². The largest absolute Gasteiger partial charge is 0.444 e. The summed E-state index contributed by atoms with van der Waals surface area (Å²) in [7, 11) is 1.72. The van der Waals surface area contributed by atoms with E-state index in [-0.39, 0.29) is 6.09 Å². The number of methoxy groups -OCH3 is 1. The first-order valence-corrected chi connectivity index (χ1v) is 8.63. The van der Waals surface area contributed by atoms with E-state index in [1.807, 2.05) is 31.7 Å². The highest BCUT2D eigenvalue weighted by atomic mass is 16.6. The third-order valence-electron chi connectivity index (χ3n) is 4.10. The molecule has 1 atom stereocenters. The van der Waals surface area contributed by atoms with Crippen molar-refractivity contribution >= 4 is 6.09 Å². The van der Waals surface area contributed by atoms with E-state index in [2.05, 4.69) is 23.5 Å². The molecule has 1 heterocycles. The second-order valence-corrected chi connectivity index (χ2v) is 7.41. The van der Waals surface area contributed by atoms with Crippen molar-refractivity contribution in [3.63, 3.8) is 0 Å². The summed E-state index contributed by atoms with van der Waals surface area (Å²) in [5.41, 5.74) is 2.05. The molecule has 0 radical (unpaired) electrons. The van der Waals surface area contributed by atoms with Gasteiger partial charge in [0, 0.05) is 33.3 Å². The summed E-state index contributed by atoms with van der Waals surface area (Å²) < 4.78 is 10.7. The quantitative estimate of drug-likeness (QED) is 0.868. The first-order valence-electron chi connectivity index (χ1n) is 8.63. The highest BCUT2D eigenvalue weighted by Crippen LogP contribution is 2.19.